The number of hydrogen-bond donors (Lipinski definition) is 4. The van der Waals surface area contributed by atoms with Crippen molar-refractivity contribution in [2.45, 2.75) is 20.3 Å². The second-order valence-corrected chi connectivity index (χ2v) is 6.81. The summed E-state index contributed by atoms with van der Waals surface area (Å²) < 4.78 is 5.54. The molecule has 2 aromatic rings. The minimum Gasteiger partial charge on any atom is -0.494 e. The second-order valence-electron chi connectivity index (χ2n) is 6.00. The average molecular weight is 431 g/mol. The van der Waals surface area contributed by atoms with Crippen molar-refractivity contribution >= 4 is 57.8 Å². The van der Waals surface area contributed by atoms with Crippen LogP contribution in [0.25, 0.3) is 0 Å². The summed E-state index contributed by atoms with van der Waals surface area (Å²) in [5.74, 6) is 0.0615. The van der Waals surface area contributed by atoms with E-state index in [1.807, 2.05) is 6.92 Å². The van der Waals surface area contributed by atoms with Crippen LogP contribution >= 0.6 is 24.4 Å². The molecule has 0 fully saturated rings. The lowest BCUT2D eigenvalue weighted by molar-refractivity contribution is -0.117. The SMILES string of the molecule is CCCOc1cccc(C(=O)NC(=S)Nc2ccc(NC(=S)NC(C)=O)cc2)c1. The Bertz CT molecular complexity index is 901. The first-order chi connectivity index (χ1) is 13.9. The van der Waals surface area contributed by atoms with Crippen LogP contribution in [-0.2, 0) is 4.79 Å². The molecule has 0 aromatic heterocycles. The van der Waals surface area contributed by atoms with Crippen LogP contribution in [0, 0.1) is 0 Å². The van der Waals surface area contributed by atoms with E-state index in [1.54, 1.807) is 48.5 Å². The maximum absolute atomic E-state index is 12.4. The predicted octanol–water partition coefficient (Wildman–Crippen LogP) is 3.44. The molecule has 7 nitrogen and oxygen atoms in total. The summed E-state index contributed by atoms with van der Waals surface area (Å²) in [6.45, 7) is 3.98. The second kappa shape index (κ2) is 11.1. The Balaban J connectivity index is 1.89. The zero-order valence-corrected chi connectivity index (χ0v) is 17.7. The van der Waals surface area contributed by atoms with Gasteiger partial charge in [0.2, 0.25) is 5.91 Å². The number of ether oxygens (including phenoxy) is 1. The number of hydrogen-bond acceptors (Lipinski definition) is 5. The van der Waals surface area contributed by atoms with Crippen LogP contribution in [0.4, 0.5) is 11.4 Å². The van der Waals surface area contributed by atoms with Gasteiger partial charge < -0.3 is 20.7 Å². The monoisotopic (exact) mass is 430 g/mol. The van der Waals surface area contributed by atoms with Crippen LogP contribution in [0.2, 0.25) is 0 Å². The van der Waals surface area contributed by atoms with Crippen molar-refractivity contribution in [1.82, 2.24) is 10.6 Å². The summed E-state index contributed by atoms with van der Waals surface area (Å²) in [5.41, 5.74) is 1.84. The lowest BCUT2D eigenvalue weighted by Crippen LogP contribution is -2.34. The number of carbonyl (C=O) groups excluding carboxylic acids is 2. The Morgan fingerprint density at radius 3 is 2.07 bits per heavy atom. The van der Waals surface area contributed by atoms with Gasteiger partial charge in [-0.3, -0.25) is 14.9 Å². The highest BCUT2D eigenvalue weighted by atomic mass is 32.1. The fourth-order valence-electron chi connectivity index (χ4n) is 2.24. The molecule has 0 aliphatic carbocycles. The molecule has 0 saturated carbocycles. The molecule has 152 valence electrons. The highest BCUT2D eigenvalue weighted by Gasteiger charge is 2.09. The van der Waals surface area contributed by atoms with Gasteiger partial charge in [0.1, 0.15) is 5.75 Å². The minimum atomic E-state index is -0.330. The van der Waals surface area contributed by atoms with Gasteiger partial charge in [-0.05, 0) is 73.3 Å². The largest absolute Gasteiger partial charge is 0.494 e. The normalized spacial score (nSPS) is 9.86. The van der Waals surface area contributed by atoms with Crippen molar-refractivity contribution in [3.05, 3.63) is 54.1 Å². The van der Waals surface area contributed by atoms with E-state index in [2.05, 4.69) is 21.3 Å². The summed E-state index contributed by atoms with van der Waals surface area (Å²) in [6.07, 6.45) is 0.887. The van der Waals surface area contributed by atoms with Gasteiger partial charge in [0.15, 0.2) is 10.2 Å². The Morgan fingerprint density at radius 1 is 0.931 bits per heavy atom. The van der Waals surface area contributed by atoms with E-state index in [4.69, 9.17) is 29.2 Å². The first-order valence-corrected chi connectivity index (χ1v) is 9.73. The predicted molar refractivity (Wildman–Crippen MR) is 122 cm³/mol. The van der Waals surface area contributed by atoms with Gasteiger partial charge in [0.05, 0.1) is 6.61 Å². The van der Waals surface area contributed by atoms with Gasteiger partial charge in [0, 0.05) is 23.9 Å². The molecule has 0 aliphatic rings. The molecular weight excluding hydrogens is 408 g/mol. The smallest absolute Gasteiger partial charge is 0.257 e. The number of carbonyl (C=O) groups is 2. The van der Waals surface area contributed by atoms with Crippen LogP contribution in [0.3, 0.4) is 0 Å². The molecule has 4 N–H and O–H groups in total. The van der Waals surface area contributed by atoms with Gasteiger partial charge >= 0.3 is 0 Å². The molecule has 0 atom stereocenters. The molecule has 0 saturated heterocycles. The molecule has 9 heteroatoms. The molecule has 0 unspecified atom stereocenters. The first kappa shape index (κ1) is 22.3. The molecule has 2 aromatic carbocycles. The van der Waals surface area contributed by atoms with Gasteiger partial charge in [0.25, 0.3) is 5.91 Å². The Morgan fingerprint density at radius 2 is 1.52 bits per heavy atom. The number of rotatable bonds is 6. The average Bonchev–Trinajstić information content (AvgIpc) is 2.67. The van der Waals surface area contributed by atoms with Crippen molar-refractivity contribution in [2.75, 3.05) is 17.2 Å². The summed E-state index contributed by atoms with van der Waals surface area (Å²) in [5, 5.41) is 11.3. The van der Waals surface area contributed by atoms with Gasteiger partial charge in [-0.15, -0.1) is 0 Å². The fourth-order valence-corrected chi connectivity index (χ4v) is 2.72. The standard InChI is InChI=1S/C20H22N4O3S2/c1-3-11-27-17-6-4-5-14(12-17)18(26)24-20(29)23-16-9-7-15(8-10-16)22-19(28)21-13(2)25/h4-10,12H,3,11H2,1-2H3,(H2,21,22,25,28)(H2,23,24,26,29). The number of anilines is 2. The lowest BCUT2D eigenvalue weighted by Gasteiger charge is -2.12. The Hall–Kier alpha value is -3.04. The lowest BCUT2D eigenvalue weighted by atomic mass is 10.2. The summed E-state index contributed by atoms with van der Waals surface area (Å²) in [6, 6.07) is 14.0. The molecule has 0 bridgehead atoms. The quantitative estimate of drug-likeness (QED) is 0.522. The van der Waals surface area contributed by atoms with Crippen molar-refractivity contribution in [2.24, 2.45) is 0 Å². The molecule has 2 amide bonds. The van der Waals surface area contributed by atoms with E-state index in [9.17, 15) is 9.59 Å². The Kier molecular flexibility index (Phi) is 8.50. The number of thiocarbonyl (C=S) groups is 2. The van der Waals surface area contributed by atoms with Crippen molar-refractivity contribution in [1.29, 1.82) is 0 Å². The molecule has 0 spiro atoms. The third kappa shape index (κ3) is 7.84. The zero-order chi connectivity index (χ0) is 21.2. The maximum atomic E-state index is 12.4. The number of amides is 2. The topological polar surface area (TPSA) is 91.5 Å². The van der Waals surface area contributed by atoms with E-state index in [0.29, 0.717) is 29.3 Å². The number of nitrogens with one attached hydrogen (secondary N) is 4. The van der Waals surface area contributed by atoms with E-state index in [0.717, 1.165) is 6.42 Å². The van der Waals surface area contributed by atoms with E-state index in [-0.39, 0.29) is 22.0 Å². The van der Waals surface area contributed by atoms with E-state index < -0.39 is 0 Å². The summed E-state index contributed by atoms with van der Waals surface area (Å²) in [4.78, 5) is 23.4. The number of benzene rings is 2. The highest BCUT2D eigenvalue weighted by Crippen LogP contribution is 2.15. The van der Waals surface area contributed by atoms with Gasteiger partial charge in [-0.2, -0.15) is 0 Å². The molecule has 0 radical (unpaired) electrons. The molecule has 0 heterocycles. The third-order valence-electron chi connectivity index (χ3n) is 3.49. The van der Waals surface area contributed by atoms with Crippen molar-refractivity contribution in [3.8, 4) is 5.75 Å². The molecular formula is C20H22N4O3S2. The highest BCUT2D eigenvalue weighted by molar-refractivity contribution is 7.80. The zero-order valence-electron chi connectivity index (χ0n) is 16.1. The molecule has 2 rings (SSSR count). The van der Waals surface area contributed by atoms with Crippen LogP contribution in [0.5, 0.6) is 5.75 Å². The maximum Gasteiger partial charge on any atom is 0.257 e. The molecule has 0 aliphatic heterocycles. The van der Waals surface area contributed by atoms with Crippen LogP contribution < -0.4 is 26.0 Å². The summed E-state index contributed by atoms with van der Waals surface area (Å²) in [7, 11) is 0. The van der Waals surface area contributed by atoms with Crippen LogP contribution in [0.15, 0.2) is 48.5 Å². The van der Waals surface area contributed by atoms with Crippen molar-refractivity contribution < 1.29 is 14.3 Å². The Labute approximate surface area is 180 Å². The van der Waals surface area contributed by atoms with Crippen LogP contribution in [-0.4, -0.2) is 28.6 Å². The summed E-state index contributed by atoms with van der Waals surface area (Å²) >= 11 is 10.2. The van der Waals surface area contributed by atoms with E-state index in [1.165, 1.54) is 6.92 Å². The van der Waals surface area contributed by atoms with Crippen molar-refractivity contribution in [3.63, 3.8) is 0 Å². The fraction of sp³-hybridized carbons (Fsp3) is 0.200. The minimum absolute atomic E-state index is 0.171. The van der Waals surface area contributed by atoms with Crippen LogP contribution in [0.1, 0.15) is 30.6 Å². The van der Waals surface area contributed by atoms with E-state index >= 15 is 0 Å². The third-order valence-corrected chi connectivity index (χ3v) is 3.89. The molecule has 29 heavy (non-hydrogen) atoms. The first-order valence-electron chi connectivity index (χ1n) is 8.91. The van der Waals surface area contributed by atoms with Gasteiger partial charge in [-0.25, -0.2) is 0 Å². The van der Waals surface area contributed by atoms with Gasteiger partial charge in [-0.1, -0.05) is 13.0 Å².